The fraction of sp³-hybridized carbons (Fsp3) is 0.267. The van der Waals surface area contributed by atoms with Crippen molar-refractivity contribution >= 4 is 12.3 Å². The summed E-state index contributed by atoms with van der Waals surface area (Å²) in [6.45, 7) is 0. The molecule has 0 radical (unpaired) electrons. The Balaban J connectivity index is 2.10. The molecule has 1 atom stereocenters. The van der Waals surface area contributed by atoms with Crippen LogP contribution in [0, 0.1) is 0 Å². The number of aliphatic imine (C=N–C) groups is 1. The molecule has 1 aliphatic heterocycles. The Morgan fingerprint density at radius 1 is 1.12 bits per heavy atom. The zero-order valence-electron chi connectivity index (χ0n) is 9.63. The fourth-order valence-electron chi connectivity index (χ4n) is 2.45. The monoisotopic (exact) mass is 225 g/mol. The summed E-state index contributed by atoms with van der Waals surface area (Å²) in [7, 11) is 0. The number of nitrogens with zero attached hydrogens (tertiary/aromatic N) is 1. The van der Waals surface area contributed by atoms with Crippen LogP contribution in [0.15, 0.2) is 46.7 Å². The molecule has 2 heteroatoms. The standard InChI is InChI=1S/C15H15NO/c17-15-7-3-6-14-13(15)9-8-11-4-1-2-5-12(11)10-16-14/h1-2,4-5,8-10,14,17H,3,6-7H2. The van der Waals surface area contributed by atoms with Crippen LogP contribution in [0.3, 0.4) is 0 Å². The van der Waals surface area contributed by atoms with E-state index in [1.165, 1.54) is 0 Å². The maximum absolute atomic E-state index is 9.92. The van der Waals surface area contributed by atoms with Crippen molar-refractivity contribution in [2.24, 2.45) is 4.99 Å². The topological polar surface area (TPSA) is 32.6 Å². The number of allylic oxidation sites excluding steroid dienone is 1. The van der Waals surface area contributed by atoms with Gasteiger partial charge in [0.25, 0.3) is 0 Å². The van der Waals surface area contributed by atoms with Crippen molar-refractivity contribution in [3.05, 3.63) is 52.8 Å². The van der Waals surface area contributed by atoms with Crippen molar-refractivity contribution < 1.29 is 5.11 Å². The highest BCUT2D eigenvalue weighted by Crippen LogP contribution is 2.28. The number of fused-ring (bicyclic) bond motifs is 2. The third kappa shape index (κ3) is 1.91. The van der Waals surface area contributed by atoms with Gasteiger partial charge < -0.3 is 5.11 Å². The van der Waals surface area contributed by atoms with E-state index in [1.54, 1.807) is 0 Å². The first kappa shape index (κ1) is 10.3. The molecule has 1 heterocycles. The second-order valence-corrected chi connectivity index (χ2v) is 4.55. The summed E-state index contributed by atoms with van der Waals surface area (Å²) in [6.07, 6.45) is 8.86. The quantitative estimate of drug-likeness (QED) is 0.720. The van der Waals surface area contributed by atoms with E-state index in [0.29, 0.717) is 5.76 Å². The SMILES string of the molecule is OC1=C2C=Cc3ccccc3C=NC2CCC1. The highest BCUT2D eigenvalue weighted by molar-refractivity contribution is 5.86. The van der Waals surface area contributed by atoms with E-state index in [-0.39, 0.29) is 6.04 Å². The summed E-state index contributed by atoms with van der Waals surface area (Å²) in [5.74, 6) is 0.508. The summed E-state index contributed by atoms with van der Waals surface area (Å²) in [4.78, 5) is 4.60. The lowest BCUT2D eigenvalue weighted by Gasteiger charge is -2.22. The Labute approximate surface area is 101 Å². The van der Waals surface area contributed by atoms with Crippen molar-refractivity contribution in [3.63, 3.8) is 0 Å². The van der Waals surface area contributed by atoms with Crippen LogP contribution in [-0.4, -0.2) is 17.4 Å². The van der Waals surface area contributed by atoms with Gasteiger partial charge in [-0.15, -0.1) is 0 Å². The maximum Gasteiger partial charge on any atom is 0.0976 e. The minimum Gasteiger partial charge on any atom is -0.512 e. The van der Waals surface area contributed by atoms with Gasteiger partial charge in [-0.1, -0.05) is 36.4 Å². The van der Waals surface area contributed by atoms with Gasteiger partial charge in [0.05, 0.1) is 11.8 Å². The van der Waals surface area contributed by atoms with Gasteiger partial charge in [0.15, 0.2) is 0 Å². The van der Waals surface area contributed by atoms with Crippen molar-refractivity contribution in [2.45, 2.75) is 25.3 Å². The molecule has 1 aromatic carbocycles. The molecule has 1 N–H and O–H groups in total. The average Bonchev–Trinajstić information content (AvgIpc) is 2.33. The molecule has 0 spiro atoms. The molecule has 1 aromatic rings. The van der Waals surface area contributed by atoms with Crippen LogP contribution in [0.25, 0.3) is 6.08 Å². The highest BCUT2D eigenvalue weighted by atomic mass is 16.3. The molecular weight excluding hydrogens is 210 g/mol. The van der Waals surface area contributed by atoms with Crippen LogP contribution in [-0.2, 0) is 0 Å². The zero-order chi connectivity index (χ0) is 11.7. The molecule has 0 saturated heterocycles. The molecule has 86 valence electrons. The van der Waals surface area contributed by atoms with Crippen molar-refractivity contribution in [2.75, 3.05) is 0 Å². The normalized spacial score (nSPS) is 22.7. The number of hydrogen-bond donors (Lipinski definition) is 1. The molecule has 0 fully saturated rings. The van der Waals surface area contributed by atoms with Crippen molar-refractivity contribution in [1.29, 1.82) is 0 Å². The van der Waals surface area contributed by atoms with E-state index in [0.717, 1.165) is 36.0 Å². The third-order valence-corrected chi connectivity index (χ3v) is 3.42. The van der Waals surface area contributed by atoms with Crippen molar-refractivity contribution in [3.8, 4) is 0 Å². The summed E-state index contributed by atoms with van der Waals surface area (Å²) in [6, 6.07) is 8.31. The van der Waals surface area contributed by atoms with Gasteiger partial charge in [-0.3, -0.25) is 4.99 Å². The third-order valence-electron chi connectivity index (χ3n) is 3.42. The molecule has 0 saturated carbocycles. The Hall–Kier alpha value is -1.83. The van der Waals surface area contributed by atoms with E-state index in [9.17, 15) is 5.11 Å². The van der Waals surface area contributed by atoms with Crippen molar-refractivity contribution in [1.82, 2.24) is 0 Å². The first-order chi connectivity index (χ1) is 8.34. The number of benzene rings is 1. The summed E-state index contributed by atoms with van der Waals surface area (Å²) in [5.41, 5.74) is 3.29. The molecule has 1 unspecified atom stereocenters. The predicted molar refractivity (Wildman–Crippen MR) is 70.4 cm³/mol. The molecular formula is C15H15NO. The largest absolute Gasteiger partial charge is 0.512 e. The Kier molecular flexibility index (Phi) is 2.56. The van der Waals surface area contributed by atoms with Crippen LogP contribution in [0.4, 0.5) is 0 Å². The Bertz CT molecular complexity index is 525. The highest BCUT2D eigenvalue weighted by Gasteiger charge is 2.20. The number of aliphatic hydroxyl groups is 1. The smallest absolute Gasteiger partial charge is 0.0976 e. The molecule has 3 rings (SSSR count). The first-order valence-electron chi connectivity index (χ1n) is 6.07. The van der Waals surface area contributed by atoms with E-state index in [4.69, 9.17) is 0 Å². The lowest BCUT2D eigenvalue weighted by atomic mass is 9.91. The zero-order valence-corrected chi connectivity index (χ0v) is 9.63. The van der Waals surface area contributed by atoms with Gasteiger partial charge in [-0.05, 0) is 24.0 Å². The maximum atomic E-state index is 9.92. The molecule has 17 heavy (non-hydrogen) atoms. The number of hydrogen-bond acceptors (Lipinski definition) is 2. The number of aliphatic hydroxyl groups excluding tert-OH is 1. The van der Waals surface area contributed by atoms with Gasteiger partial charge in [0.2, 0.25) is 0 Å². The van der Waals surface area contributed by atoms with Gasteiger partial charge >= 0.3 is 0 Å². The molecule has 0 aromatic heterocycles. The second kappa shape index (κ2) is 4.21. The van der Waals surface area contributed by atoms with Gasteiger partial charge in [0.1, 0.15) is 0 Å². The lowest BCUT2D eigenvalue weighted by molar-refractivity contribution is 0.355. The Morgan fingerprint density at radius 2 is 1.94 bits per heavy atom. The van der Waals surface area contributed by atoms with E-state index in [2.05, 4.69) is 23.2 Å². The lowest BCUT2D eigenvalue weighted by Crippen LogP contribution is -2.16. The van der Waals surface area contributed by atoms with Crippen LogP contribution in [0.2, 0.25) is 0 Å². The Morgan fingerprint density at radius 3 is 2.82 bits per heavy atom. The average molecular weight is 225 g/mol. The molecule has 0 amide bonds. The second-order valence-electron chi connectivity index (χ2n) is 4.55. The predicted octanol–water partition coefficient (Wildman–Crippen LogP) is 3.50. The first-order valence-corrected chi connectivity index (χ1v) is 6.07. The van der Waals surface area contributed by atoms with Crippen LogP contribution < -0.4 is 0 Å². The molecule has 1 aliphatic carbocycles. The molecule has 2 aliphatic rings. The van der Waals surface area contributed by atoms with Crippen LogP contribution in [0.1, 0.15) is 30.4 Å². The van der Waals surface area contributed by atoms with Gasteiger partial charge in [-0.2, -0.15) is 0 Å². The number of rotatable bonds is 0. The van der Waals surface area contributed by atoms with Crippen LogP contribution in [0.5, 0.6) is 0 Å². The van der Waals surface area contributed by atoms with E-state index >= 15 is 0 Å². The van der Waals surface area contributed by atoms with E-state index < -0.39 is 0 Å². The minimum absolute atomic E-state index is 0.133. The van der Waals surface area contributed by atoms with Crippen LogP contribution >= 0.6 is 0 Å². The van der Waals surface area contributed by atoms with Gasteiger partial charge in [-0.25, -0.2) is 0 Å². The van der Waals surface area contributed by atoms with Gasteiger partial charge in [0, 0.05) is 18.2 Å². The molecule has 0 bridgehead atoms. The molecule has 2 nitrogen and oxygen atoms in total. The van der Waals surface area contributed by atoms with E-state index in [1.807, 2.05) is 24.4 Å². The minimum atomic E-state index is 0.133. The summed E-state index contributed by atoms with van der Waals surface area (Å²) in [5, 5.41) is 9.92. The summed E-state index contributed by atoms with van der Waals surface area (Å²) < 4.78 is 0. The fourth-order valence-corrected chi connectivity index (χ4v) is 2.45. The summed E-state index contributed by atoms with van der Waals surface area (Å²) >= 11 is 0.